The maximum absolute atomic E-state index is 12.1. The number of nitrogens with two attached hydrogens (primary N) is 1. The zero-order chi connectivity index (χ0) is 15.1. The molecule has 1 heterocycles. The molecule has 1 atom stereocenters. The molecule has 0 fully saturated rings. The molecule has 1 rings (SSSR count). The number of carbonyl (C=O) groups is 2. The van der Waals surface area contributed by atoms with Gasteiger partial charge in [-0.1, -0.05) is 0 Å². The fourth-order valence-corrected chi connectivity index (χ4v) is 2.18. The molecule has 2 amide bonds. The molecule has 0 spiro atoms. The van der Waals surface area contributed by atoms with Crippen molar-refractivity contribution in [3.05, 3.63) is 16.1 Å². The number of hydrogen-bond donors (Lipinski definition) is 2. The third-order valence-electron chi connectivity index (χ3n) is 2.49. The van der Waals surface area contributed by atoms with E-state index in [1.54, 1.807) is 26.5 Å². The largest absolute Gasteiger partial charge is 0.383 e. The summed E-state index contributed by atoms with van der Waals surface area (Å²) in [6.45, 7) is 2.64. The highest BCUT2D eigenvalue weighted by Gasteiger charge is 2.18. The van der Waals surface area contributed by atoms with Gasteiger partial charge in [-0.05, 0) is 6.92 Å². The van der Waals surface area contributed by atoms with Crippen LogP contribution in [0.25, 0.3) is 0 Å². The number of thiazole rings is 1. The summed E-state index contributed by atoms with van der Waals surface area (Å²) in [4.78, 5) is 29.1. The maximum Gasteiger partial charge on any atom is 0.273 e. The molecule has 0 aliphatic heterocycles. The Morgan fingerprint density at radius 1 is 1.60 bits per heavy atom. The van der Waals surface area contributed by atoms with Crippen molar-refractivity contribution >= 4 is 23.2 Å². The van der Waals surface area contributed by atoms with Crippen molar-refractivity contribution in [3.8, 4) is 0 Å². The van der Waals surface area contributed by atoms with Crippen LogP contribution in [0, 0.1) is 0 Å². The maximum atomic E-state index is 12.1. The van der Waals surface area contributed by atoms with Crippen molar-refractivity contribution in [3.63, 3.8) is 0 Å². The predicted octanol–water partition coefficient (Wildman–Crippen LogP) is -0.00260. The molecular formula is C12H20N4O3S. The van der Waals surface area contributed by atoms with Crippen molar-refractivity contribution in [2.75, 3.05) is 33.9 Å². The average molecular weight is 300 g/mol. The summed E-state index contributed by atoms with van der Waals surface area (Å²) in [7, 11) is 3.11. The van der Waals surface area contributed by atoms with E-state index in [4.69, 9.17) is 10.5 Å². The Morgan fingerprint density at radius 3 is 2.85 bits per heavy atom. The van der Waals surface area contributed by atoms with Crippen LogP contribution >= 0.6 is 11.3 Å². The Hall–Kier alpha value is -1.51. The molecule has 20 heavy (non-hydrogen) atoms. The number of nitrogens with one attached hydrogen (secondary N) is 1. The van der Waals surface area contributed by atoms with Crippen LogP contribution in [-0.2, 0) is 9.53 Å². The second-order valence-corrected chi connectivity index (χ2v) is 5.25. The zero-order valence-corrected chi connectivity index (χ0v) is 12.7. The molecule has 0 aliphatic rings. The summed E-state index contributed by atoms with van der Waals surface area (Å²) in [5, 5.41) is 5.00. The first-order chi connectivity index (χ1) is 9.45. The van der Waals surface area contributed by atoms with E-state index in [2.05, 4.69) is 10.3 Å². The van der Waals surface area contributed by atoms with Crippen LogP contribution in [0.3, 0.4) is 0 Å². The summed E-state index contributed by atoms with van der Waals surface area (Å²) in [6, 6.07) is -0.204. The highest BCUT2D eigenvalue weighted by atomic mass is 32.1. The smallest absolute Gasteiger partial charge is 0.273 e. The van der Waals surface area contributed by atoms with E-state index in [1.807, 2.05) is 0 Å². The van der Waals surface area contributed by atoms with Gasteiger partial charge < -0.3 is 20.7 Å². The highest BCUT2D eigenvalue weighted by Crippen LogP contribution is 2.16. The fourth-order valence-electron chi connectivity index (χ4n) is 1.43. The minimum atomic E-state index is -0.296. The molecular weight excluding hydrogens is 280 g/mol. The zero-order valence-electron chi connectivity index (χ0n) is 11.9. The average Bonchev–Trinajstić information content (AvgIpc) is 2.87. The van der Waals surface area contributed by atoms with Crippen LogP contribution < -0.4 is 11.1 Å². The van der Waals surface area contributed by atoms with Gasteiger partial charge in [0, 0.05) is 26.1 Å². The number of rotatable bonds is 7. The highest BCUT2D eigenvalue weighted by molar-refractivity contribution is 7.09. The third kappa shape index (κ3) is 4.87. The number of carbonyl (C=O) groups excluding carboxylic acids is 2. The summed E-state index contributed by atoms with van der Waals surface area (Å²) in [6.07, 6.45) is 0. The molecule has 3 N–H and O–H groups in total. The molecule has 1 unspecified atom stereocenters. The molecule has 1 aromatic rings. The number of nitrogens with zero attached hydrogens (tertiary/aromatic N) is 2. The van der Waals surface area contributed by atoms with Crippen molar-refractivity contribution in [2.24, 2.45) is 5.73 Å². The Kier molecular flexibility index (Phi) is 6.56. The van der Waals surface area contributed by atoms with Gasteiger partial charge in [0.1, 0.15) is 10.7 Å². The van der Waals surface area contributed by atoms with Gasteiger partial charge in [0.15, 0.2) is 0 Å². The molecule has 7 nitrogen and oxygen atoms in total. The lowest BCUT2D eigenvalue weighted by Gasteiger charge is -2.15. The van der Waals surface area contributed by atoms with Gasteiger partial charge in [0.25, 0.3) is 5.91 Å². The minimum absolute atomic E-state index is 0.0203. The van der Waals surface area contributed by atoms with Gasteiger partial charge in [-0.2, -0.15) is 0 Å². The molecule has 0 radical (unpaired) electrons. The van der Waals surface area contributed by atoms with Crippen LogP contribution in [0.5, 0.6) is 0 Å². The van der Waals surface area contributed by atoms with Crippen molar-refractivity contribution in [2.45, 2.75) is 13.0 Å². The standard InChI is InChI=1S/C12H20N4O3S/c1-8(13)11-15-9(7-20-11)12(18)16(2)6-10(17)14-4-5-19-3/h7-8H,4-6,13H2,1-3H3,(H,14,17). The number of hydrogen-bond acceptors (Lipinski definition) is 6. The Morgan fingerprint density at radius 2 is 2.30 bits per heavy atom. The second-order valence-electron chi connectivity index (χ2n) is 4.36. The van der Waals surface area contributed by atoms with Crippen molar-refractivity contribution < 1.29 is 14.3 Å². The van der Waals surface area contributed by atoms with Gasteiger partial charge in [0.05, 0.1) is 19.2 Å². The molecule has 8 heteroatoms. The normalized spacial score (nSPS) is 12.0. The summed E-state index contributed by atoms with van der Waals surface area (Å²) in [5.41, 5.74) is 6.01. The monoisotopic (exact) mass is 300 g/mol. The van der Waals surface area contributed by atoms with E-state index in [-0.39, 0.29) is 24.4 Å². The summed E-state index contributed by atoms with van der Waals surface area (Å²) < 4.78 is 4.82. The van der Waals surface area contributed by atoms with Gasteiger partial charge in [-0.3, -0.25) is 9.59 Å². The predicted molar refractivity (Wildman–Crippen MR) is 76.6 cm³/mol. The van der Waals surface area contributed by atoms with Gasteiger partial charge in [0.2, 0.25) is 5.91 Å². The Balaban J connectivity index is 2.51. The van der Waals surface area contributed by atoms with Gasteiger partial charge >= 0.3 is 0 Å². The lowest BCUT2D eigenvalue weighted by molar-refractivity contribution is -0.121. The second kappa shape index (κ2) is 7.93. The molecule has 0 bridgehead atoms. The number of amides is 2. The summed E-state index contributed by atoms with van der Waals surface area (Å²) >= 11 is 1.34. The topological polar surface area (TPSA) is 97.5 Å². The van der Waals surface area contributed by atoms with Gasteiger partial charge in [-0.15, -0.1) is 11.3 Å². The lowest BCUT2D eigenvalue weighted by atomic mass is 10.3. The van der Waals surface area contributed by atoms with Crippen LogP contribution in [0.4, 0.5) is 0 Å². The minimum Gasteiger partial charge on any atom is -0.383 e. The Bertz CT molecular complexity index is 461. The molecule has 0 aliphatic carbocycles. The molecule has 112 valence electrons. The quantitative estimate of drug-likeness (QED) is 0.691. The van der Waals surface area contributed by atoms with E-state index in [1.165, 1.54) is 16.2 Å². The van der Waals surface area contributed by atoms with E-state index in [0.717, 1.165) is 0 Å². The van der Waals surface area contributed by atoms with Crippen LogP contribution in [0.15, 0.2) is 5.38 Å². The fraction of sp³-hybridized carbons (Fsp3) is 0.583. The van der Waals surface area contributed by atoms with Crippen LogP contribution in [0.2, 0.25) is 0 Å². The van der Waals surface area contributed by atoms with E-state index < -0.39 is 0 Å². The molecule has 0 saturated carbocycles. The van der Waals surface area contributed by atoms with E-state index >= 15 is 0 Å². The number of ether oxygens (including phenoxy) is 1. The van der Waals surface area contributed by atoms with Crippen molar-refractivity contribution in [1.29, 1.82) is 0 Å². The van der Waals surface area contributed by atoms with Crippen LogP contribution in [-0.4, -0.2) is 55.6 Å². The Labute approximate surface area is 122 Å². The number of likely N-dealkylation sites (N-methyl/N-ethyl adjacent to an activating group) is 1. The van der Waals surface area contributed by atoms with Gasteiger partial charge in [-0.25, -0.2) is 4.98 Å². The molecule has 1 aromatic heterocycles. The first-order valence-electron chi connectivity index (χ1n) is 6.17. The van der Waals surface area contributed by atoms with E-state index in [9.17, 15) is 9.59 Å². The number of aromatic nitrogens is 1. The first-order valence-corrected chi connectivity index (χ1v) is 7.05. The number of methoxy groups -OCH3 is 1. The summed E-state index contributed by atoms with van der Waals surface area (Å²) in [5.74, 6) is -0.532. The van der Waals surface area contributed by atoms with Crippen LogP contribution in [0.1, 0.15) is 28.5 Å². The lowest BCUT2D eigenvalue weighted by Crippen LogP contribution is -2.39. The van der Waals surface area contributed by atoms with E-state index in [0.29, 0.717) is 23.9 Å². The third-order valence-corrected chi connectivity index (χ3v) is 3.53. The first kappa shape index (κ1) is 16.5. The molecule has 0 aromatic carbocycles. The van der Waals surface area contributed by atoms with Crippen molar-refractivity contribution in [1.82, 2.24) is 15.2 Å². The molecule has 0 saturated heterocycles. The SMILES string of the molecule is COCCNC(=O)CN(C)C(=O)c1csc(C(C)N)n1.